The molecule has 110 valence electrons. The van der Waals surface area contributed by atoms with Crippen LogP contribution in [-0.2, 0) is 0 Å². The van der Waals surface area contributed by atoms with E-state index in [0.717, 1.165) is 13.0 Å². The molecule has 0 bridgehead atoms. The first-order chi connectivity index (χ1) is 9.58. The minimum atomic E-state index is 0.283. The molecule has 1 fully saturated rings. The van der Waals surface area contributed by atoms with E-state index in [0.29, 0.717) is 11.0 Å². The van der Waals surface area contributed by atoms with Gasteiger partial charge in [0.05, 0.1) is 4.99 Å². The van der Waals surface area contributed by atoms with Crippen molar-refractivity contribution < 1.29 is 0 Å². The molecule has 20 heavy (non-hydrogen) atoms. The summed E-state index contributed by atoms with van der Waals surface area (Å²) in [5.41, 5.74) is 7.12. The Morgan fingerprint density at radius 3 is 2.75 bits per heavy atom. The molecular weight excluding hydrogens is 266 g/mol. The SMILES string of the molecule is CN1CCCC(N(C)C(CC(N)=S)c2ccccc2)C1. The van der Waals surface area contributed by atoms with Gasteiger partial charge >= 0.3 is 0 Å². The van der Waals surface area contributed by atoms with Crippen molar-refractivity contribution in [2.75, 3.05) is 27.2 Å². The second kappa shape index (κ2) is 7.16. The second-order valence-corrected chi connectivity index (χ2v) is 6.35. The largest absolute Gasteiger partial charge is 0.393 e. The van der Waals surface area contributed by atoms with Crippen LogP contribution in [0.4, 0.5) is 0 Å². The van der Waals surface area contributed by atoms with Crippen LogP contribution in [0.2, 0.25) is 0 Å². The van der Waals surface area contributed by atoms with Crippen LogP contribution in [0.1, 0.15) is 30.9 Å². The van der Waals surface area contributed by atoms with Crippen LogP contribution in [-0.4, -0.2) is 48.0 Å². The lowest BCUT2D eigenvalue weighted by atomic mass is 9.97. The molecule has 2 atom stereocenters. The standard InChI is InChI=1S/C16H25N3S/c1-18-10-6-9-14(12-18)19(2)15(11-16(17)20)13-7-4-3-5-8-13/h3-5,7-8,14-15H,6,9-12H2,1-2H3,(H2,17,20). The number of hydrogen-bond acceptors (Lipinski definition) is 3. The highest BCUT2D eigenvalue weighted by molar-refractivity contribution is 7.80. The molecule has 1 aromatic carbocycles. The maximum absolute atomic E-state index is 5.82. The predicted molar refractivity (Wildman–Crippen MR) is 88.9 cm³/mol. The summed E-state index contributed by atoms with van der Waals surface area (Å²) in [6, 6.07) is 11.4. The summed E-state index contributed by atoms with van der Waals surface area (Å²) < 4.78 is 0. The second-order valence-electron chi connectivity index (χ2n) is 5.82. The third-order valence-electron chi connectivity index (χ3n) is 4.25. The van der Waals surface area contributed by atoms with E-state index in [1.165, 1.54) is 24.9 Å². The van der Waals surface area contributed by atoms with E-state index in [1.54, 1.807) is 0 Å². The highest BCUT2D eigenvalue weighted by Gasteiger charge is 2.27. The van der Waals surface area contributed by atoms with Crippen LogP contribution in [0.15, 0.2) is 30.3 Å². The van der Waals surface area contributed by atoms with Gasteiger partial charge in [0.2, 0.25) is 0 Å². The molecule has 3 nitrogen and oxygen atoms in total. The number of benzene rings is 1. The Bertz CT molecular complexity index is 435. The highest BCUT2D eigenvalue weighted by atomic mass is 32.1. The topological polar surface area (TPSA) is 32.5 Å². The average Bonchev–Trinajstić information content (AvgIpc) is 2.45. The van der Waals surface area contributed by atoms with Crippen molar-refractivity contribution in [2.24, 2.45) is 5.73 Å². The van der Waals surface area contributed by atoms with Crippen molar-refractivity contribution in [3.8, 4) is 0 Å². The van der Waals surface area contributed by atoms with Crippen molar-refractivity contribution in [2.45, 2.75) is 31.3 Å². The summed E-state index contributed by atoms with van der Waals surface area (Å²) in [6.45, 7) is 2.33. The van der Waals surface area contributed by atoms with E-state index in [4.69, 9.17) is 18.0 Å². The Labute approximate surface area is 127 Å². The zero-order valence-electron chi connectivity index (χ0n) is 12.5. The highest BCUT2D eigenvalue weighted by Crippen LogP contribution is 2.27. The summed E-state index contributed by atoms with van der Waals surface area (Å²) in [6.07, 6.45) is 3.26. The van der Waals surface area contributed by atoms with Crippen LogP contribution in [0.25, 0.3) is 0 Å². The maximum Gasteiger partial charge on any atom is 0.0746 e. The first-order valence-electron chi connectivity index (χ1n) is 7.31. The molecule has 0 saturated carbocycles. The number of nitrogens with two attached hydrogens (primary N) is 1. The number of nitrogens with zero attached hydrogens (tertiary/aromatic N) is 2. The van der Waals surface area contributed by atoms with E-state index in [1.807, 2.05) is 0 Å². The Balaban J connectivity index is 2.15. The Kier molecular flexibility index (Phi) is 5.52. The molecule has 2 unspecified atom stereocenters. The molecule has 0 spiro atoms. The van der Waals surface area contributed by atoms with Gasteiger partial charge in [0.25, 0.3) is 0 Å². The van der Waals surface area contributed by atoms with Gasteiger partial charge in [-0.25, -0.2) is 0 Å². The van der Waals surface area contributed by atoms with Gasteiger partial charge in [0.15, 0.2) is 0 Å². The summed E-state index contributed by atoms with van der Waals surface area (Å²) in [5, 5.41) is 0. The molecule has 1 aliphatic rings. The molecule has 2 rings (SSSR count). The zero-order chi connectivity index (χ0) is 14.5. The molecule has 1 aliphatic heterocycles. The lowest BCUT2D eigenvalue weighted by molar-refractivity contribution is 0.101. The summed E-state index contributed by atoms with van der Waals surface area (Å²) in [5.74, 6) is 0. The lowest BCUT2D eigenvalue weighted by Crippen LogP contribution is -2.46. The quantitative estimate of drug-likeness (QED) is 0.845. The number of hydrogen-bond donors (Lipinski definition) is 1. The minimum absolute atomic E-state index is 0.283. The zero-order valence-corrected chi connectivity index (χ0v) is 13.3. The number of piperidine rings is 1. The third-order valence-corrected chi connectivity index (χ3v) is 4.41. The first-order valence-corrected chi connectivity index (χ1v) is 7.72. The van der Waals surface area contributed by atoms with Gasteiger partial charge in [-0.2, -0.15) is 0 Å². The smallest absolute Gasteiger partial charge is 0.0746 e. The van der Waals surface area contributed by atoms with Crippen molar-refractivity contribution >= 4 is 17.2 Å². The van der Waals surface area contributed by atoms with E-state index in [2.05, 4.69) is 54.2 Å². The predicted octanol–water partition coefficient (Wildman–Crippen LogP) is 2.43. The van der Waals surface area contributed by atoms with E-state index in [9.17, 15) is 0 Å². The summed E-state index contributed by atoms with van der Waals surface area (Å²) in [4.78, 5) is 5.47. The number of likely N-dealkylation sites (N-methyl/N-ethyl adjacent to an activating group) is 2. The van der Waals surface area contributed by atoms with Crippen molar-refractivity contribution in [1.29, 1.82) is 0 Å². The summed E-state index contributed by atoms with van der Waals surface area (Å²) >= 11 is 5.16. The van der Waals surface area contributed by atoms with Gasteiger partial charge in [-0.05, 0) is 39.0 Å². The normalized spacial score (nSPS) is 21.9. The Morgan fingerprint density at radius 1 is 1.45 bits per heavy atom. The van der Waals surface area contributed by atoms with Crippen molar-refractivity contribution in [3.63, 3.8) is 0 Å². The molecule has 1 aromatic rings. The fourth-order valence-electron chi connectivity index (χ4n) is 3.09. The molecule has 1 heterocycles. The fourth-order valence-corrected chi connectivity index (χ4v) is 3.25. The molecular formula is C16H25N3S. The Hall–Kier alpha value is -0.970. The van der Waals surface area contributed by atoms with Crippen LogP contribution in [0, 0.1) is 0 Å². The third kappa shape index (κ3) is 4.01. The molecule has 0 aliphatic carbocycles. The molecule has 1 saturated heterocycles. The monoisotopic (exact) mass is 291 g/mol. The number of likely N-dealkylation sites (tertiary alicyclic amines) is 1. The lowest BCUT2D eigenvalue weighted by Gasteiger charge is -2.40. The molecule has 0 amide bonds. The molecule has 4 heteroatoms. The van der Waals surface area contributed by atoms with Gasteiger partial charge in [0.1, 0.15) is 0 Å². The number of thiocarbonyl (C=S) groups is 1. The Morgan fingerprint density at radius 2 is 2.15 bits per heavy atom. The van der Waals surface area contributed by atoms with Gasteiger partial charge in [0, 0.05) is 25.0 Å². The van der Waals surface area contributed by atoms with Crippen molar-refractivity contribution in [3.05, 3.63) is 35.9 Å². The van der Waals surface area contributed by atoms with E-state index < -0.39 is 0 Å². The van der Waals surface area contributed by atoms with Gasteiger partial charge in [-0.1, -0.05) is 42.5 Å². The molecule has 0 aromatic heterocycles. The van der Waals surface area contributed by atoms with Gasteiger partial charge in [-0.15, -0.1) is 0 Å². The van der Waals surface area contributed by atoms with Crippen LogP contribution in [0.3, 0.4) is 0 Å². The maximum atomic E-state index is 5.82. The van der Waals surface area contributed by atoms with E-state index >= 15 is 0 Å². The fraction of sp³-hybridized carbons (Fsp3) is 0.562. The summed E-state index contributed by atoms with van der Waals surface area (Å²) in [7, 11) is 4.41. The van der Waals surface area contributed by atoms with Gasteiger partial charge in [-0.3, -0.25) is 4.90 Å². The minimum Gasteiger partial charge on any atom is -0.393 e. The molecule has 0 radical (unpaired) electrons. The number of rotatable bonds is 5. The van der Waals surface area contributed by atoms with E-state index in [-0.39, 0.29) is 6.04 Å². The first kappa shape index (κ1) is 15.4. The average molecular weight is 291 g/mol. The van der Waals surface area contributed by atoms with Crippen LogP contribution in [0.5, 0.6) is 0 Å². The molecule has 2 N–H and O–H groups in total. The van der Waals surface area contributed by atoms with Gasteiger partial charge < -0.3 is 10.6 Å². The van der Waals surface area contributed by atoms with Crippen LogP contribution >= 0.6 is 12.2 Å². The van der Waals surface area contributed by atoms with Crippen LogP contribution < -0.4 is 5.73 Å². The van der Waals surface area contributed by atoms with Crippen molar-refractivity contribution in [1.82, 2.24) is 9.80 Å².